The molecule has 12 heteroatoms. The van der Waals surface area contributed by atoms with Gasteiger partial charge in [0.05, 0.1) is 34.5 Å². The second-order valence-electron chi connectivity index (χ2n) is 7.95. The van der Waals surface area contributed by atoms with Crippen LogP contribution in [0.1, 0.15) is 0 Å². The van der Waals surface area contributed by atoms with Crippen molar-refractivity contribution >= 4 is 43.0 Å². The first kappa shape index (κ1) is 26.6. The van der Waals surface area contributed by atoms with E-state index >= 15 is 0 Å². The molecule has 10 nitrogen and oxygen atoms in total. The lowest BCUT2D eigenvalue weighted by atomic mass is 10.3. The average Bonchev–Trinajstić information content (AvgIpc) is 2.93. The van der Waals surface area contributed by atoms with Crippen LogP contribution in [0.3, 0.4) is 0 Å². The predicted octanol–water partition coefficient (Wildman–Crippen LogP) is 3.73. The Morgan fingerprint density at radius 3 is 2.24 bits per heavy atom. The second kappa shape index (κ2) is 11.3. The lowest BCUT2D eigenvalue weighted by Gasteiger charge is -2.24. The number of carbonyl (C=O) groups excluding carboxylic acids is 1. The Hall–Kier alpha value is -4.42. The number of carbonyl (C=O) groups is 1. The summed E-state index contributed by atoms with van der Waals surface area (Å²) < 4.78 is 60.8. The Labute approximate surface area is 221 Å². The van der Waals surface area contributed by atoms with Gasteiger partial charge in [0.2, 0.25) is 5.91 Å². The molecule has 4 aromatic rings. The summed E-state index contributed by atoms with van der Waals surface area (Å²) in [5.41, 5.74) is 0.839. The summed E-state index contributed by atoms with van der Waals surface area (Å²) in [7, 11) is -6.51. The summed E-state index contributed by atoms with van der Waals surface area (Å²) in [6.45, 7) is -0.535. The van der Waals surface area contributed by atoms with Gasteiger partial charge in [-0.05, 0) is 60.7 Å². The van der Waals surface area contributed by atoms with E-state index in [-0.39, 0.29) is 21.2 Å². The number of benzene rings is 3. The molecule has 1 heterocycles. The van der Waals surface area contributed by atoms with E-state index in [2.05, 4.69) is 15.0 Å². The van der Waals surface area contributed by atoms with Gasteiger partial charge >= 0.3 is 0 Å². The Morgan fingerprint density at radius 1 is 0.842 bits per heavy atom. The molecule has 1 aromatic heterocycles. The topological polar surface area (TPSA) is 135 Å². The van der Waals surface area contributed by atoms with Gasteiger partial charge in [0.25, 0.3) is 20.0 Å². The van der Waals surface area contributed by atoms with Crippen LogP contribution in [0.15, 0.2) is 113 Å². The van der Waals surface area contributed by atoms with Crippen LogP contribution in [0.2, 0.25) is 0 Å². The standard InChI is InChI=1S/C26H24N4O6S2/c1-36-23-9-5-8-22(17-23)30(38(34,35)25-10-3-2-4-11-25)19-26(31)28-20-12-14-24(15-13-20)37(32,33)29-21-7-6-16-27-18-21/h2-18,29H,19H2,1H3,(H,28,31). The average molecular weight is 553 g/mol. The summed E-state index contributed by atoms with van der Waals surface area (Å²) in [5, 5.41) is 2.62. The zero-order valence-electron chi connectivity index (χ0n) is 20.2. The van der Waals surface area contributed by atoms with Crippen LogP contribution in [0.25, 0.3) is 0 Å². The third-order valence-electron chi connectivity index (χ3n) is 5.32. The summed E-state index contributed by atoms with van der Waals surface area (Å²) in [6.07, 6.45) is 2.90. The van der Waals surface area contributed by atoms with Crippen LogP contribution >= 0.6 is 0 Å². The molecule has 4 rings (SSSR count). The lowest BCUT2D eigenvalue weighted by molar-refractivity contribution is -0.114. The molecule has 0 saturated heterocycles. The van der Waals surface area contributed by atoms with E-state index in [4.69, 9.17) is 4.74 Å². The number of hydrogen-bond acceptors (Lipinski definition) is 7. The largest absolute Gasteiger partial charge is 0.497 e. The lowest BCUT2D eigenvalue weighted by Crippen LogP contribution is -2.38. The number of rotatable bonds is 10. The molecule has 2 N–H and O–H groups in total. The molecule has 0 atom stereocenters. The van der Waals surface area contributed by atoms with Crippen molar-refractivity contribution in [3.05, 3.63) is 103 Å². The molecule has 0 aliphatic rings. The second-order valence-corrected chi connectivity index (χ2v) is 11.5. The maximum atomic E-state index is 13.5. The Kier molecular flexibility index (Phi) is 7.93. The van der Waals surface area contributed by atoms with E-state index in [0.717, 1.165) is 4.31 Å². The zero-order valence-corrected chi connectivity index (χ0v) is 21.8. The van der Waals surface area contributed by atoms with Gasteiger partial charge in [0.1, 0.15) is 12.3 Å². The molecule has 0 bridgehead atoms. The molecule has 196 valence electrons. The van der Waals surface area contributed by atoms with Crippen LogP contribution in [0.4, 0.5) is 17.1 Å². The van der Waals surface area contributed by atoms with Gasteiger partial charge in [0.15, 0.2) is 0 Å². The molecule has 1 amide bonds. The maximum absolute atomic E-state index is 13.5. The Bertz CT molecular complexity index is 1610. The highest BCUT2D eigenvalue weighted by atomic mass is 32.2. The van der Waals surface area contributed by atoms with E-state index < -0.39 is 32.5 Å². The molecule has 0 saturated carbocycles. The highest BCUT2D eigenvalue weighted by molar-refractivity contribution is 7.93. The smallest absolute Gasteiger partial charge is 0.264 e. The van der Waals surface area contributed by atoms with Crippen LogP contribution in [-0.4, -0.2) is 41.4 Å². The van der Waals surface area contributed by atoms with Gasteiger partial charge < -0.3 is 10.1 Å². The number of aromatic nitrogens is 1. The first-order chi connectivity index (χ1) is 18.2. The highest BCUT2D eigenvalue weighted by Crippen LogP contribution is 2.27. The van der Waals surface area contributed by atoms with Gasteiger partial charge in [-0.2, -0.15) is 0 Å². The molecule has 0 aliphatic carbocycles. The third kappa shape index (κ3) is 6.28. The van der Waals surface area contributed by atoms with E-state index in [1.54, 1.807) is 48.5 Å². The molecule has 0 aliphatic heterocycles. The van der Waals surface area contributed by atoms with E-state index in [9.17, 15) is 21.6 Å². The molecule has 0 fully saturated rings. The number of nitrogens with one attached hydrogen (secondary N) is 2. The fourth-order valence-corrected chi connectivity index (χ4v) is 5.96. The number of anilines is 3. The Balaban J connectivity index is 1.54. The van der Waals surface area contributed by atoms with Gasteiger partial charge in [-0.15, -0.1) is 0 Å². The number of methoxy groups -OCH3 is 1. The van der Waals surface area contributed by atoms with E-state index in [1.165, 1.54) is 62.0 Å². The number of hydrogen-bond donors (Lipinski definition) is 2. The number of pyridine rings is 1. The molecule has 0 radical (unpaired) electrons. The maximum Gasteiger partial charge on any atom is 0.264 e. The molecule has 0 unspecified atom stereocenters. The van der Waals surface area contributed by atoms with Crippen molar-refractivity contribution in [1.29, 1.82) is 0 Å². The van der Waals surface area contributed by atoms with Crippen LogP contribution in [0.5, 0.6) is 5.75 Å². The van der Waals surface area contributed by atoms with E-state index in [0.29, 0.717) is 11.4 Å². The van der Waals surface area contributed by atoms with Crippen molar-refractivity contribution in [2.45, 2.75) is 9.79 Å². The number of amides is 1. The Morgan fingerprint density at radius 2 is 1.58 bits per heavy atom. The monoisotopic (exact) mass is 552 g/mol. The van der Waals surface area contributed by atoms with Crippen LogP contribution in [-0.2, 0) is 24.8 Å². The fourth-order valence-electron chi connectivity index (χ4n) is 3.49. The predicted molar refractivity (Wildman–Crippen MR) is 144 cm³/mol. The SMILES string of the molecule is COc1cccc(N(CC(=O)Nc2ccc(S(=O)(=O)Nc3cccnc3)cc2)S(=O)(=O)c2ccccc2)c1. The molecule has 0 spiro atoms. The minimum atomic E-state index is -4.10. The summed E-state index contributed by atoms with van der Waals surface area (Å²) >= 11 is 0. The number of nitrogens with zero attached hydrogens (tertiary/aromatic N) is 2. The minimum absolute atomic E-state index is 0.0197. The summed E-state index contributed by atoms with van der Waals surface area (Å²) in [6, 6.07) is 22.8. The van der Waals surface area contributed by atoms with E-state index in [1.807, 2.05) is 0 Å². The number of ether oxygens (including phenoxy) is 1. The first-order valence-corrected chi connectivity index (χ1v) is 14.2. The van der Waals surface area contributed by atoms with Crippen LogP contribution in [0, 0.1) is 0 Å². The first-order valence-electron chi connectivity index (χ1n) is 11.2. The van der Waals surface area contributed by atoms with Gasteiger partial charge in [0, 0.05) is 18.0 Å². The van der Waals surface area contributed by atoms with Crippen LogP contribution < -0.4 is 19.1 Å². The fraction of sp³-hybridized carbons (Fsp3) is 0.0769. The van der Waals surface area contributed by atoms with Crippen molar-refractivity contribution in [3.63, 3.8) is 0 Å². The summed E-state index contributed by atoms with van der Waals surface area (Å²) in [4.78, 5) is 16.8. The van der Waals surface area contributed by atoms with Crippen molar-refractivity contribution < 1.29 is 26.4 Å². The normalized spacial score (nSPS) is 11.4. The highest BCUT2D eigenvalue weighted by Gasteiger charge is 2.27. The quantitative estimate of drug-likeness (QED) is 0.306. The molecule has 38 heavy (non-hydrogen) atoms. The molecule has 3 aromatic carbocycles. The number of sulfonamides is 2. The van der Waals surface area contributed by atoms with Crippen molar-refractivity contribution in [3.8, 4) is 5.75 Å². The zero-order chi connectivity index (χ0) is 27.2. The van der Waals surface area contributed by atoms with Crippen molar-refractivity contribution in [2.24, 2.45) is 0 Å². The molecular weight excluding hydrogens is 528 g/mol. The summed E-state index contributed by atoms with van der Waals surface area (Å²) in [5.74, 6) is -0.204. The molecular formula is C26H24N4O6S2. The van der Waals surface area contributed by atoms with Gasteiger partial charge in [-0.1, -0.05) is 24.3 Å². The van der Waals surface area contributed by atoms with Gasteiger partial charge in [-0.25, -0.2) is 16.8 Å². The van der Waals surface area contributed by atoms with Gasteiger partial charge in [-0.3, -0.25) is 18.8 Å². The third-order valence-corrected chi connectivity index (χ3v) is 8.51. The minimum Gasteiger partial charge on any atom is -0.497 e. The van der Waals surface area contributed by atoms with Crippen molar-refractivity contribution in [2.75, 3.05) is 28.0 Å². The van der Waals surface area contributed by atoms with Crippen molar-refractivity contribution in [1.82, 2.24) is 4.98 Å².